The minimum absolute atomic E-state index is 0.235. The summed E-state index contributed by atoms with van der Waals surface area (Å²) in [6.07, 6.45) is 2.84. The average Bonchev–Trinajstić information content (AvgIpc) is 2.50. The first-order valence-corrected chi connectivity index (χ1v) is 5.28. The maximum absolute atomic E-state index is 9.97. The quantitative estimate of drug-likeness (QED) is 0.792. The van der Waals surface area contributed by atoms with Crippen molar-refractivity contribution in [2.75, 3.05) is 6.26 Å². The zero-order chi connectivity index (χ0) is 10.1. The Balaban J connectivity index is 2.91. The molecule has 4 nitrogen and oxygen atoms in total. The second-order valence-electron chi connectivity index (χ2n) is 3.45. The van der Waals surface area contributed by atoms with Crippen LogP contribution >= 0.6 is 11.8 Å². The fraction of sp³-hybridized carbons (Fsp3) is 0.750. The molecule has 0 saturated carbocycles. The van der Waals surface area contributed by atoms with Gasteiger partial charge in [-0.25, -0.2) is 4.98 Å². The molecule has 1 heterocycles. The molecule has 0 aliphatic carbocycles. The fourth-order valence-corrected chi connectivity index (χ4v) is 1.30. The Hall–Kier alpha value is -0.550. The van der Waals surface area contributed by atoms with E-state index in [4.69, 9.17) is 0 Å². The van der Waals surface area contributed by atoms with Gasteiger partial charge in [0.05, 0.1) is 0 Å². The second-order valence-corrected chi connectivity index (χ2v) is 4.91. The molecule has 0 aromatic carbocycles. The van der Waals surface area contributed by atoms with Crippen molar-refractivity contribution in [1.29, 1.82) is 0 Å². The summed E-state index contributed by atoms with van der Waals surface area (Å²) in [6, 6.07) is 0. The maximum atomic E-state index is 9.97. The highest BCUT2D eigenvalue weighted by atomic mass is 32.2. The zero-order valence-corrected chi connectivity index (χ0v) is 9.17. The summed E-state index contributed by atoms with van der Waals surface area (Å²) >= 11 is 1.61. The van der Waals surface area contributed by atoms with E-state index in [1.807, 2.05) is 20.1 Å². The predicted octanol–water partition coefficient (Wildman–Crippen LogP) is 0.990. The van der Waals surface area contributed by atoms with Gasteiger partial charge in [-0.3, -0.25) is 4.68 Å². The molecule has 0 amide bonds. The van der Waals surface area contributed by atoms with Crippen molar-refractivity contribution in [2.45, 2.75) is 24.7 Å². The van der Waals surface area contributed by atoms with Gasteiger partial charge in [0.1, 0.15) is 12.4 Å². The summed E-state index contributed by atoms with van der Waals surface area (Å²) in [4.78, 5) is 4.02. The lowest BCUT2D eigenvalue weighted by Crippen LogP contribution is -2.27. The SMILES string of the molecule is CSC(C)(C)C(O)c1ncnn1C. The normalized spacial score (nSPS) is 14.5. The van der Waals surface area contributed by atoms with Crippen molar-refractivity contribution in [3.63, 3.8) is 0 Å². The molecule has 0 spiro atoms. The van der Waals surface area contributed by atoms with Crippen LogP contribution in [0.15, 0.2) is 6.33 Å². The minimum atomic E-state index is -0.588. The van der Waals surface area contributed by atoms with E-state index in [0.717, 1.165) is 0 Å². The molecule has 0 fully saturated rings. The molecular weight excluding hydrogens is 186 g/mol. The summed E-state index contributed by atoms with van der Waals surface area (Å²) in [7, 11) is 1.78. The van der Waals surface area contributed by atoms with Gasteiger partial charge in [0.25, 0.3) is 0 Å². The molecule has 1 aromatic rings. The molecule has 13 heavy (non-hydrogen) atoms. The molecule has 0 aliphatic heterocycles. The van der Waals surface area contributed by atoms with Crippen LogP contribution in [0.1, 0.15) is 25.8 Å². The molecule has 1 aromatic heterocycles. The van der Waals surface area contributed by atoms with Gasteiger partial charge < -0.3 is 5.11 Å². The number of nitrogens with zero attached hydrogens (tertiary/aromatic N) is 3. The maximum Gasteiger partial charge on any atom is 0.156 e. The van der Waals surface area contributed by atoms with Gasteiger partial charge in [-0.05, 0) is 20.1 Å². The van der Waals surface area contributed by atoms with E-state index in [0.29, 0.717) is 5.82 Å². The van der Waals surface area contributed by atoms with Crippen LogP contribution in [-0.2, 0) is 7.05 Å². The van der Waals surface area contributed by atoms with Crippen LogP contribution in [-0.4, -0.2) is 30.9 Å². The first kappa shape index (κ1) is 10.5. The molecule has 0 radical (unpaired) electrons. The number of thioether (sulfide) groups is 1. The number of hydrogen-bond acceptors (Lipinski definition) is 4. The van der Waals surface area contributed by atoms with E-state index in [2.05, 4.69) is 10.1 Å². The van der Waals surface area contributed by atoms with E-state index in [-0.39, 0.29) is 4.75 Å². The smallest absolute Gasteiger partial charge is 0.156 e. The topological polar surface area (TPSA) is 50.9 Å². The van der Waals surface area contributed by atoms with Gasteiger partial charge in [-0.2, -0.15) is 16.9 Å². The van der Waals surface area contributed by atoms with Crippen LogP contribution in [0.3, 0.4) is 0 Å². The average molecular weight is 201 g/mol. The van der Waals surface area contributed by atoms with Crippen molar-refractivity contribution < 1.29 is 5.11 Å². The molecule has 74 valence electrons. The van der Waals surface area contributed by atoms with Crippen LogP contribution in [0.4, 0.5) is 0 Å². The highest BCUT2D eigenvalue weighted by Gasteiger charge is 2.31. The Kier molecular flexibility index (Phi) is 2.98. The van der Waals surface area contributed by atoms with Crippen LogP contribution in [0.2, 0.25) is 0 Å². The number of aliphatic hydroxyl groups excluding tert-OH is 1. The lowest BCUT2D eigenvalue weighted by molar-refractivity contribution is 0.130. The van der Waals surface area contributed by atoms with Crippen molar-refractivity contribution >= 4 is 11.8 Å². The van der Waals surface area contributed by atoms with E-state index in [1.54, 1.807) is 23.5 Å². The second kappa shape index (κ2) is 3.67. The summed E-state index contributed by atoms with van der Waals surface area (Å²) in [5.74, 6) is 0.611. The van der Waals surface area contributed by atoms with Crippen LogP contribution < -0.4 is 0 Å². The third-order valence-electron chi connectivity index (χ3n) is 2.18. The van der Waals surface area contributed by atoms with Gasteiger partial charge >= 0.3 is 0 Å². The lowest BCUT2D eigenvalue weighted by atomic mass is 10.1. The number of hydrogen-bond donors (Lipinski definition) is 1. The zero-order valence-electron chi connectivity index (χ0n) is 8.35. The highest BCUT2D eigenvalue weighted by molar-refractivity contribution is 7.99. The Bertz CT molecular complexity index is 285. The van der Waals surface area contributed by atoms with Gasteiger partial charge in [-0.1, -0.05) is 0 Å². The molecule has 1 unspecified atom stereocenters. The van der Waals surface area contributed by atoms with Gasteiger partial charge in [0.15, 0.2) is 5.82 Å². The first-order valence-electron chi connectivity index (χ1n) is 4.06. The number of aromatic nitrogens is 3. The molecule has 0 bridgehead atoms. The van der Waals surface area contributed by atoms with Crippen LogP contribution in [0, 0.1) is 0 Å². The lowest BCUT2D eigenvalue weighted by Gasteiger charge is -2.27. The standard InChI is InChI=1S/C8H15N3OS/c1-8(2,13-4)6(12)7-9-5-10-11(7)3/h5-6,12H,1-4H3. The minimum Gasteiger partial charge on any atom is -0.384 e. The third-order valence-corrected chi connectivity index (χ3v) is 3.45. The summed E-state index contributed by atoms with van der Waals surface area (Å²) in [6.45, 7) is 3.97. The molecule has 1 atom stereocenters. The first-order chi connectivity index (χ1) is 5.99. The van der Waals surface area contributed by atoms with Crippen molar-refractivity contribution in [1.82, 2.24) is 14.8 Å². The van der Waals surface area contributed by atoms with Gasteiger partial charge in [0.2, 0.25) is 0 Å². The molecule has 1 N–H and O–H groups in total. The Morgan fingerprint density at radius 1 is 1.62 bits per heavy atom. The van der Waals surface area contributed by atoms with Crippen molar-refractivity contribution in [3.05, 3.63) is 12.2 Å². The summed E-state index contributed by atoms with van der Waals surface area (Å²) < 4.78 is 1.36. The molecule has 1 rings (SSSR count). The van der Waals surface area contributed by atoms with E-state index >= 15 is 0 Å². The summed E-state index contributed by atoms with van der Waals surface area (Å²) in [5.41, 5.74) is 0. The van der Waals surface area contributed by atoms with E-state index < -0.39 is 6.10 Å². The monoisotopic (exact) mass is 201 g/mol. The molecule has 0 saturated heterocycles. The van der Waals surface area contributed by atoms with E-state index in [1.165, 1.54) is 6.33 Å². The van der Waals surface area contributed by atoms with Gasteiger partial charge in [-0.15, -0.1) is 0 Å². The summed E-state index contributed by atoms with van der Waals surface area (Å²) in [5, 5.41) is 13.9. The fourth-order valence-electron chi connectivity index (χ4n) is 0.975. The van der Waals surface area contributed by atoms with Crippen LogP contribution in [0.25, 0.3) is 0 Å². The van der Waals surface area contributed by atoms with Crippen molar-refractivity contribution in [2.24, 2.45) is 7.05 Å². The number of aryl methyl sites for hydroxylation is 1. The Morgan fingerprint density at radius 3 is 2.62 bits per heavy atom. The predicted molar refractivity (Wildman–Crippen MR) is 53.6 cm³/mol. The molecule has 5 heteroatoms. The molecule has 0 aliphatic rings. The number of rotatable bonds is 3. The third kappa shape index (κ3) is 2.03. The number of aliphatic hydroxyl groups is 1. The van der Waals surface area contributed by atoms with Crippen molar-refractivity contribution in [3.8, 4) is 0 Å². The molecular formula is C8H15N3OS. The Labute approximate surface area is 82.4 Å². The Morgan fingerprint density at radius 2 is 2.23 bits per heavy atom. The van der Waals surface area contributed by atoms with E-state index in [9.17, 15) is 5.11 Å². The van der Waals surface area contributed by atoms with Crippen LogP contribution in [0.5, 0.6) is 0 Å². The highest BCUT2D eigenvalue weighted by Crippen LogP contribution is 2.34. The largest absolute Gasteiger partial charge is 0.384 e. The van der Waals surface area contributed by atoms with Gasteiger partial charge in [0, 0.05) is 11.8 Å².